The van der Waals surface area contributed by atoms with Gasteiger partial charge < -0.3 is 25.0 Å². The topological polar surface area (TPSA) is 79.9 Å². The number of ether oxygens (including phenoxy) is 2. The Hall–Kier alpha value is -2.28. The maximum atomic E-state index is 11.9. The first-order valence-electron chi connectivity index (χ1n) is 9.17. The Morgan fingerprint density at radius 3 is 2.50 bits per heavy atom. The molecule has 0 aromatic heterocycles. The number of hydrogen-bond donors (Lipinski definition) is 2. The molecule has 0 bridgehead atoms. The molecule has 1 aromatic carbocycles. The molecule has 7 heteroatoms. The molecule has 2 amide bonds. The second kappa shape index (κ2) is 10.7. The predicted molar refractivity (Wildman–Crippen MR) is 99.1 cm³/mol. The fourth-order valence-corrected chi connectivity index (χ4v) is 2.90. The lowest BCUT2D eigenvalue weighted by Crippen LogP contribution is -2.45. The second-order valence-corrected chi connectivity index (χ2v) is 6.29. The number of nitrogens with one attached hydrogen (secondary N) is 2. The minimum atomic E-state index is -0.233. The van der Waals surface area contributed by atoms with E-state index in [1.54, 1.807) is 12.0 Å². The van der Waals surface area contributed by atoms with Gasteiger partial charge in [0.05, 0.1) is 13.7 Å². The van der Waals surface area contributed by atoms with Gasteiger partial charge >= 0.3 is 6.09 Å². The van der Waals surface area contributed by atoms with Crippen molar-refractivity contribution < 1.29 is 19.1 Å². The van der Waals surface area contributed by atoms with Gasteiger partial charge in [-0.3, -0.25) is 4.79 Å². The normalized spacial score (nSPS) is 14.8. The largest absolute Gasteiger partial charge is 0.497 e. The van der Waals surface area contributed by atoms with Gasteiger partial charge in [0.1, 0.15) is 5.75 Å². The van der Waals surface area contributed by atoms with Gasteiger partial charge in [0, 0.05) is 38.6 Å². The van der Waals surface area contributed by atoms with Crippen LogP contribution in [0.25, 0.3) is 0 Å². The maximum Gasteiger partial charge on any atom is 0.409 e. The van der Waals surface area contributed by atoms with Gasteiger partial charge in [-0.15, -0.1) is 0 Å². The molecule has 26 heavy (non-hydrogen) atoms. The van der Waals surface area contributed by atoms with Crippen molar-refractivity contribution in [2.24, 2.45) is 0 Å². The standard InChI is InChI=1S/C19H29N3O4/c1-3-26-19(24)22-12-9-16(10-13-22)20-11-8-18(23)21-14-15-4-6-17(25-2)7-5-15/h4-7,16,20H,3,8-14H2,1-2H3,(H,21,23). The molecular weight excluding hydrogens is 334 g/mol. The Kier molecular flexibility index (Phi) is 8.21. The van der Waals surface area contributed by atoms with Crippen molar-refractivity contribution >= 4 is 12.0 Å². The highest BCUT2D eigenvalue weighted by molar-refractivity contribution is 5.76. The van der Waals surface area contributed by atoms with E-state index >= 15 is 0 Å². The summed E-state index contributed by atoms with van der Waals surface area (Å²) in [7, 11) is 1.63. The van der Waals surface area contributed by atoms with E-state index < -0.39 is 0 Å². The van der Waals surface area contributed by atoms with E-state index in [1.165, 1.54) is 0 Å². The van der Waals surface area contributed by atoms with E-state index in [4.69, 9.17) is 9.47 Å². The van der Waals surface area contributed by atoms with Crippen molar-refractivity contribution in [2.45, 2.75) is 38.8 Å². The Morgan fingerprint density at radius 1 is 1.19 bits per heavy atom. The molecule has 0 radical (unpaired) electrons. The average Bonchev–Trinajstić information content (AvgIpc) is 2.67. The van der Waals surface area contributed by atoms with Crippen LogP contribution in [0, 0.1) is 0 Å². The Labute approximate surface area is 155 Å². The molecule has 0 unspecified atom stereocenters. The van der Waals surface area contributed by atoms with Gasteiger partial charge in [-0.05, 0) is 37.5 Å². The lowest BCUT2D eigenvalue weighted by molar-refractivity contribution is -0.121. The molecule has 1 aliphatic heterocycles. The highest BCUT2D eigenvalue weighted by Gasteiger charge is 2.23. The number of amides is 2. The SMILES string of the molecule is CCOC(=O)N1CCC(NCCC(=O)NCc2ccc(OC)cc2)CC1. The van der Waals surface area contributed by atoms with E-state index in [2.05, 4.69) is 10.6 Å². The summed E-state index contributed by atoms with van der Waals surface area (Å²) < 4.78 is 10.1. The van der Waals surface area contributed by atoms with Crippen LogP contribution in [0.5, 0.6) is 5.75 Å². The van der Waals surface area contributed by atoms with Crippen LogP contribution < -0.4 is 15.4 Å². The molecule has 0 saturated carbocycles. The number of nitrogens with zero attached hydrogens (tertiary/aromatic N) is 1. The number of rotatable bonds is 8. The minimum absolute atomic E-state index is 0.0253. The molecule has 1 saturated heterocycles. The van der Waals surface area contributed by atoms with E-state index in [1.807, 2.05) is 31.2 Å². The quantitative estimate of drug-likeness (QED) is 0.738. The van der Waals surface area contributed by atoms with E-state index in [9.17, 15) is 9.59 Å². The van der Waals surface area contributed by atoms with Gasteiger partial charge in [0.25, 0.3) is 0 Å². The van der Waals surface area contributed by atoms with Gasteiger partial charge in [0.15, 0.2) is 0 Å². The molecule has 0 spiro atoms. The summed E-state index contributed by atoms with van der Waals surface area (Å²) in [6.07, 6.45) is 1.97. The number of carbonyl (C=O) groups is 2. The predicted octanol–water partition coefficient (Wildman–Crippen LogP) is 1.91. The number of methoxy groups -OCH3 is 1. The van der Waals surface area contributed by atoms with Gasteiger partial charge in [-0.25, -0.2) is 4.79 Å². The molecular formula is C19H29N3O4. The third kappa shape index (κ3) is 6.55. The first-order valence-corrected chi connectivity index (χ1v) is 9.17. The van der Waals surface area contributed by atoms with Gasteiger partial charge in [-0.2, -0.15) is 0 Å². The highest BCUT2D eigenvalue weighted by Crippen LogP contribution is 2.12. The number of piperidine rings is 1. The summed E-state index contributed by atoms with van der Waals surface area (Å²) in [5.41, 5.74) is 1.04. The molecule has 1 fully saturated rings. The van der Waals surface area contributed by atoms with Crippen molar-refractivity contribution in [1.82, 2.24) is 15.5 Å². The first-order chi connectivity index (χ1) is 12.6. The first kappa shape index (κ1) is 20.0. The van der Waals surface area contributed by atoms with Crippen LogP contribution in [0.2, 0.25) is 0 Å². The fraction of sp³-hybridized carbons (Fsp3) is 0.579. The van der Waals surface area contributed by atoms with Crippen molar-refractivity contribution in [3.63, 3.8) is 0 Å². The Bertz CT molecular complexity index is 569. The zero-order chi connectivity index (χ0) is 18.8. The van der Waals surface area contributed by atoms with Crippen LogP contribution in [0.4, 0.5) is 4.79 Å². The van der Waals surface area contributed by atoms with Crippen molar-refractivity contribution in [3.05, 3.63) is 29.8 Å². The molecule has 0 aliphatic carbocycles. The zero-order valence-corrected chi connectivity index (χ0v) is 15.6. The van der Waals surface area contributed by atoms with Gasteiger partial charge in [0.2, 0.25) is 5.91 Å². The highest BCUT2D eigenvalue weighted by atomic mass is 16.6. The molecule has 144 valence electrons. The summed E-state index contributed by atoms with van der Waals surface area (Å²) in [4.78, 5) is 25.3. The monoisotopic (exact) mass is 363 g/mol. The summed E-state index contributed by atoms with van der Waals surface area (Å²) in [6, 6.07) is 7.98. The molecule has 1 heterocycles. The molecule has 1 aliphatic rings. The van der Waals surface area contributed by atoms with Crippen LogP contribution in [-0.2, 0) is 16.1 Å². The van der Waals surface area contributed by atoms with Crippen LogP contribution in [0.1, 0.15) is 31.7 Å². The van der Waals surface area contributed by atoms with Crippen molar-refractivity contribution in [1.29, 1.82) is 0 Å². The summed E-state index contributed by atoms with van der Waals surface area (Å²) in [6.45, 7) is 4.76. The number of likely N-dealkylation sites (tertiary alicyclic amines) is 1. The Morgan fingerprint density at radius 2 is 1.88 bits per heavy atom. The van der Waals surface area contributed by atoms with E-state index in [0.717, 1.165) is 24.2 Å². The van der Waals surface area contributed by atoms with Crippen molar-refractivity contribution in [3.8, 4) is 5.75 Å². The van der Waals surface area contributed by atoms with Gasteiger partial charge in [-0.1, -0.05) is 12.1 Å². The summed E-state index contributed by atoms with van der Waals surface area (Å²) in [5, 5.41) is 6.32. The molecule has 7 nitrogen and oxygen atoms in total. The third-order valence-electron chi connectivity index (χ3n) is 4.45. The minimum Gasteiger partial charge on any atom is -0.497 e. The van der Waals surface area contributed by atoms with E-state index in [0.29, 0.717) is 45.2 Å². The van der Waals surface area contributed by atoms with Crippen LogP contribution in [0.15, 0.2) is 24.3 Å². The van der Waals surface area contributed by atoms with Crippen LogP contribution in [0.3, 0.4) is 0 Å². The fourth-order valence-electron chi connectivity index (χ4n) is 2.90. The smallest absolute Gasteiger partial charge is 0.409 e. The number of benzene rings is 1. The zero-order valence-electron chi connectivity index (χ0n) is 15.6. The third-order valence-corrected chi connectivity index (χ3v) is 4.45. The summed E-state index contributed by atoms with van der Waals surface area (Å²) >= 11 is 0. The Balaban J connectivity index is 1.58. The number of hydrogen-bond acceptors (Lipinski definition) is 5. The maximum absolute atomic E-state index is 11.9. The molecule has 2 N–H and O–H groups in total. The molecule has 2 rings (SSSR count). The number of carbonyl (C=O) groups excluding carboxylic acids is 2. The lowest BCUT2D eigenvalue weighted by Gasteiger charge is -2.31. The van der Waals surface area contributed by atoms with E-state index in [-0.39, 0.29) is 12.0 Å². The van der Waals surface area contributed by atoms with Crippen molar-refractivity contribution in [2.75, 3.05) is 33.4 Å². The van der Waals surface area contributed by atoms with Crippen LogP contribution >= 0.6 is 0 Å². The summed E-state index contributed by atoms with van der Waals surface area (Å²) in [5.74, 6) is 0.829. The molecule has 0 atom stereocenters. The average molecular weight is 363 g/mol. The van der Waals surface area contributed by atoms with Crippen LogP contribution in [-0.4, -0.2) is 56.3 Å². The molecule has 1 aromatic rings. The second-order valence-electron chi connectivity index (χ2n) is 6.29. The lowest BCUT2D eigenvalue weighted by atomic mass is 10.1.